The number of anilines is 1. The van der Waals surface area contributed by atoms with Crippen molar-refractivity contribution in [2.75, 3.05) is 32.5 Å². The lowest BCUT2D eigenvalue weighted by Crippen LogP contribution is -2.55. The number of hydrogen-bond acceptors (Lipinski definition) is 7. The van der Waals surface area contributed by atoms with Crippen molar-refractivity contribution in [3.05, 3.63) is 41.5 Å². The van der Waals surface area contributed by atoms with Gasteiger partial charge in [-0.15, -0.1) is 5.10 Å². The second kappa shape index (κ2) is 15.3. The Labute approximate surface area is 258 Å². The lowest BCUT2D eigenvalue weighted by atomic mass is 9.63. The minimum Gasteiger partial charge on any atom is -0.409 e. The maximum atomic E-state index is 14.7. The summed E-state index contributed by atoms with van der Waals surface area (Å²) >= 11 is 0. The van der Waals surface area contributed by atoms with Crippen LogP contribution in [0, 0.1) is 12.7 Å². The molecule has 0 aliphatic carbocycles. The zero-order valence-corrected chi connectivity index (χ0v) is 25.7. The van der Waals surface area contributed by atoms with E-state index in [1.54, 1.807) is 30.1 Å². The number of hydrogen-bond donors (Lipinski definition) is 2. The van der Waals surface area contributed by atoms with Crippen LogP contribution in [-0.4, -0.2) is 97.9 Å². The largest absolute Gasteiger partial charge is 0.409 e. The van der Waals surface area contributed by atoms with Crippen LogP contribution in [0.15, 0.2) is 34.6 Å². The number of alkyl halides is 4. The predicted molar refractivity (Wildman–Crippen MR) is 165 cm³/mol. The molecule has 1 saturated heterocycles. The number of nitrogens with two attached hydrogens (primary N) is 1. The summed E-state index contributed by atoms with van der Waals surface area (Å²) in [6, 6.07) is 5.23. The Hall–Kier alpha value is -3.00. The van der Waals surface area contributed by atoms with Crippen LogP contribution in [0.4, 0.5) is 33.6 Å². The maximum Gasteiger partial charge on any atom is 0.238 e. The van der Waals surface area contributed by atoms with Gasteiger partial charge in [-0.3, -0.25) is 0 Å². The number of aromatic nitrogens is 3. The number of likely N-dealkylation sites (tertiary alicyclic amines) is 1. The van der Waals surface area contributed by atoms with Crippen LogP contribution in [0.2, 0.25) is 0 Å². The quantitative estimate of drug-likeness (QED) is 0.222. The molecule has 44 heavy (non-hydrogen) atoms. The number of azo groups is 1. The number of halogens is 5. The molecular formula is C28H37B3F5N7O. The molecule has 0 saturated carbocycles. The highest BCUT2D eigenvalue weighted by Crippen LogP contribution is 2.34. The van der Waals surface area contributed by atoms with Crippen LogP contribution in [0.3, 0.4) is 0 Å². The van der Waals surface area contributed by atoms with Crippen molar-refractivity contribution in [3.8, 4) is 11.1 Å². The van der Waals surface area contributed by atoms with Crippen LogP contribution >= 0.6 is 0 Å². The van der Waals surface area contributed by atoms with Crippen molar-refractivity contribution in [2.45, 2.75) is 76.3 Å². The number of nitrogen functional groups attached to an aromatic ring is 1. The van der Waals surface area contributed by atoms with Crippen molar-refractivity contribution in [1.29, 1.82) is 0 Å². The topological polar surface area (TPSA) is 104 Å². The Kier molecular flexibility index (Phi) is 13.0. The van der Waals surface area contributed by atoms with E-state index in [0.717, 1.165) is 12.1 Å². The number of nitrogens with zero attached hydrogens (tertiary/aromatic N) is 6. The summed E-state index contributed by atoms with van der Waals surface area (Å²) in [5.41, 5.74) is 6.35. The number of fused-ring (bicyclic) bond motifs is 1. The number of benzene rings is 1. The molecule has 3 aromatic rings. The highest BCUT2D eigenvalue weighted by atomic mass is 19.3. The molecule has 1 atom stereocenters. The molecule has 0 bridgehead atoms. The summed E-state index contributed by atoms with van der Waals surface area (Å²) in [7, 11) is 18.4. The minimum atomic E-state index is -2.12. The van der Waals surface area contributed by atoms with Gasteiger partial charge in [-0.2, -0.15) is 10.2 Å². The van der Waals surface area contributed by atoms with E-state index in [2.05, 4.69) is 20.3 Å². The van der Waals surface area contributed by atoms with E-state index in [1.165, 1.54) is 17.6 Å². The first kappa shape index (κ1) is 37.2. The standard InChI is InChI=1S/C16H15B2FN6O.C9H16BF2N.C3H6F2/c1-8-5-9(3-4-11(8)23-21-2)13-10(19)7-25-14(13)12(6-16(17,18)26)22-15(20)24-25;1-8(2,10)13-5-3-4-9(12,6-11)7-13;1-2-3(4)5/h3-5,7,26H,6H2,1-2H3,(H2,20,24);3-7H2,1-2H3;3H,2H2,1H3. The molecule has 1 aliphatic heterocycles. The van der Waals surface area contributed by atoms with Gasteiger partial charge in [-0.05, 0) is 60.4 Å². The Balaban J connectivity index is 0.000000312. The second-order valence-electron chi connectivity index (χ2n) is 11.3. The summed E-state index contributed by atoms with van der Waals surface area (Å²) in [6.07, 6.45) is -0.194. The Morgan fingerprint density at radius 1 is 1.23 bits per heavy atom. The van der Waals surface area contributed by atoms with Gasteiger partial charge in [0, 0.05) is 32.0 Å². The molecule has 6 radical (unpaired) electrons. The van der Waals surface area contributed by atoms with Crippen molar-refractivity contribution >= 4 is 40.7 Å². The Bertz CT molecular complexity index is 1410. The van der Waals surface area contributed by atoms with Crippen molar-refractivity contribution < 1.29 is 27.1 Å². The van der Waals surface area contributed by atoms with Gasteiger partial charge in [0.15, 0.2) is 11.5 Å². The molecular weight excluding hydrogens is 578 g/mol. The summed E-state index contributed by atoms with van der Waals surface area (Å²) in [6.45, 7) is 6.90. The summed E-state index contributed by atoms with van der Waals surface area (Å²) in [4.78, 5) is 5.88. The van der Waals surface area contributed by atoms with Gasteiger partial charge < -0.3 is 15.7 Å². The van der Waals surface area contributed by atoms with Gasteiger partial charge in [0.1, 0.15) is 6.67 Å². The van der Waals surface area contributed by atoms with Crippen LogP contribution in [0.1, 0.15) is 51.3 Å². The van der Waals surface area contributed by atoms with Crippen molar-refractivity contribution in [2.24, 2.45) is 10.2 Å². The van der Waals surface area contributed by atoms with E-state index < -0.39 is 35.4 Å². The minimum absolute atomic E-state index is 0.0278. The molecule has 1 unspecified atom stereocenters. The van der Waals surface area contributed by atoms with Gasteiger partial charge in [0.2, 0.25) is 12.4 Å². The van der Waals surface area contributed by atoms with Crippen LogP contribution in [-0.2, 0) is 6.42 Å². The van der Waals surface area contributed by atoms with Crippen LogP contribution in [0.5, 0.6) is 0 Å². The van der Waals surface area contributed by atoms with Gasteiger partial charge in [0.25, 0.3) is 0 Å². The number of rotatable bonds is 7. The smallest absolute Gasteiger partial charge is 0.238 e. The summed E-state index contributed by atoms with van der Waals surface area (Å²) in [5, 5.41) is 19.5. The van der Waals surface area contributed by atoms with E-state index >= 15 is 0 Å². The monoisotopic (exact) mass is 615 g/mol. The highest BCUT2D eigenvalue weighted by Gasteiger charge is 2.38. The van der Waals surface area contributed by atoms with Gasteiger partial charge in [-0.25, -0.2) is 31.5 Å². The van der Waals surface area contributed by atoms with Crippen molar-refractivity contribution in [1.82, 2.24) is 19.5 Å². The number of piperidine rings is 1. The first-order chi connectivity index (χ1) is 20.3. The molecule has 234 valence electrons. The first-order valence-electron chi connectivity index (χ1n) is 13.9. The molecule has 1 aliphatic rings. The lowest BCUT2D eigenvalue weighted by molar-refractivity contribution is 0.00270. The normalized spacial score (nSPS) is 17.8. The fourth-order valence-electron chi connectivity index (χ4n) is 4.53. The summed E-state index contributed by atoms with van der Waals surface area (Å²) in [5.74, 6) is -0.610. The molecule has 2 aromatic heterocycles. The zero-order valence-electron chi connectivity index (χ0n) is 25.7. The second-order valence-corrected chi connectivity index (χ2v) is 11.3. The van der Waals surface area contributed by atoms with E-state index in [4.69, 9.17) is 29.3 Å². The van der Waals surface area contributed by atoms with Crippen molar-refractivity contribution in [3.63, 3.8) is 0 Å². The Morgan fingerprint density at radius 2 is 1.86 bits per heavy atom. The maximum absolute atomic E-state index is 14.7. The number of aryl methyl sites for hydroxylation is 1. The Morgan fingerprint density at radius 3 is 2.36 bits per heavy atom. The molecule has 4 rings (SSSR count). The summed E-state index contributed by atoms with van der Waals surface area (Å²) < 4.78 is 63.5. The van der Waals surface area contributed by atoms with Gasteiger partial charge in [-0.1, -0.05) is 26.8 Å². The molecule has 1 fully saturated rings. The highest BCUT2D eigenvalue weighted by molar-refractivity contribution is 6.38. The molecule has 3 heterocycles. The molecule has 16 heteroatoms. The third-order valence-electron chi connectivity index (χ3n) is 6.71. The third-order valence-corrected chi connectivity index (χ3v) is 6.71. The number of aliphatic hydroxyl groups is 1. The van der Waals surface area contributed by atoms with E-state index in [-0.39, 0.29) is 36.6 Å². The van der Waals surface area contributed by atoms with Crippen LogP contribution in [0.25, 0.3) is 16.6 Å². The fourth-order valence-corrected chi connectivity index (χ4v) is 4.53. The molecule has 0 spiro atoms. The predicted octanol–water partition coefficient (Wildman–Crippen LogP) is 4.99. The molecule has 0 amide bonds. The first-order valence-corrected chi connectivity index (χ1v) is 13.9. The molecule has 3 N–H and O–H groups in total. The van der Waals surface area contributed by atoms with Gasteiger partial charge in [0.05, 0.1) is 46.6 Å². The lowest BCUT2D eigenvalue weighted by Gasteiger charge is -2.43. The molecule has 8 nitrogen and oxygen atoms in total. The average Bonchev–Trinajstić information content (AvgIpc) is 3.25. The average molecular weight is 615 g/mol. The SMILES string of the molecule is CCC(F)F.[B]C(C)(C)N1CCCC(F)(CF)C1.[B]C([B])(O)Cc1nc(N)nn2cc(F)c(-c3ccc(N=NC)c(C)c3)c12. The van der Waals surface area contributed by atoms with Crippen LogP contribution < -0.4 is 5.73 Å². The fraction of sp³-hybridized carbons (Fsp3) is 0.571. The van der Waals surface area contributed by atoms with E-state index in [0.29, 0.717) is 29.6 Å². The molecule has 1 aromatic carbocycles. The van der Waals surface area contributed by atoms with Gasteiger partial charge >= 0.3 is 0 Å². The van der Waals surface area contributed by atoms with E-state index in [9.17, 15) is 27.1 Å². The van der Waals surface area contributed by atoms with E-state index in [1.807, 2.05) is 20.8 Å². The zero-order chi connectivity index (χ0) is 33.5. The third kappa shape index (κ3) is 10.6.